The Labute approximate surface area is 170 Å². The van der Waals surface area contributed by atoms with Crippen molar-refractivity contribution in [2.75, 3.05) is 13.1 Å². The highest BCUT2D eigenvalue weighted by molar-refractivity contribution is 7.80. The smallest absolute Gasteiger partial charge is 0.243 e. The van der Waals surface area contributed by atoms with Crippen LogP contribution in [0.3, 0.4) is 0 Å². The summed E-state index contributed by atoms with van der Waals surface area (Å²) in [4.78, 5) is 32.1. The molecule has 0 unspecified atom stereocenters. The van der Waals surface area contributed by atoms with Gasteiger partial charge in [-0.2, -0.15) is 0 Å². The molecule has 2 amide bonds. The summed E-state index contributed by atoms with van der Waals surface area (Å²) in [5.41, 5.74) is 2.18. The number of aryl methyl sites for hydroxylation is 1. The van der Waals surface area contributed by atoms with Crippen LogP contribution in [0.5, 0.6) is 0 Å². The molecule has 0 aromatic carbocycles. The van der Waals surface area contributed by atoms with Crippen molar-refractivity contribution in [1.82, 2.24) is 25.8 Å². The average Bonchev–Trinajstić information content (AvgIpc) is 3.36. The minimum absolute atomic E-state index is 0.0571. The molecule has 1 aliphatic heterocycles. The summed E-state index contributed by atoms with van der Waals surface area (Å²) in [6, 6.07) is 3.78. The zero-order valence-corrected chi connectivity index (χ0v) is 16.9. The number of nitrogens with zero attached hydrogens (tertiary/aromatic N) is 2. The molecular weight excluding hydrogens is 374 g/mol. The van der Waals surface area contributed by atoms with E-state index < -0.39 is 0 Å². The number of thiocarbonyl (C=S) groups is 1. The maximum Gasteiger partial charge on any atom is 0.243 e. The molecule has 0 radical (unpaired) electrons. The number of fused-ring (bicyclic) bond motifs is 2. The van der Waals surface area contributed by atoms with Crippen molar-refractivity contribution in [2.45, 2.75) is 57.2 Å². The number of amides is 2. The first kappa shape index (κ1) is 19.1. The summed E-state index contributed by atoms with van der Waals surface area (Å²) in [6.45, 7) is 2.77. The van der Waals surface area contributed by atoms with Gasteiger partial charge in [-0.25, -0.2) is 0 Å². The van der Waals surface area contributed by atoms with Gasteiger partial charge in [0.05, 0.1) is 18.3 Å². The van der Waals surface area contributed by atoms with Crippen molar-refractivity contribution in [2.24, 2.45) is 5.92 Å². The lowest BCUT2D eigenvalue weighted by Crippen LogP contribution is -2.52. The molecule has 1 aromatic rings. The molecule has 2 aliphatic carbocycles. The second kappa shape index (κ2) is 8.03. The molecule has 7 nitrogen and oxygen atoms in total. The highest BCUT2D eigenvalue weighted by atomic mass is 32.1. The van der Waals surface area contributed by atoms with Crippen molar-refractivity contribution in [3.8, 4) is 0 Å². The van der Waals surface area contributed by atoms with E-state index in [4.69, 9.17) is 12.2 Å². The maximum absolute atomic E-state index is 13.1. The predicted molar refractivity (Wildman–Crippen MR) is 109 cm³/mol. The van der Waals surface area contributed by atoms with Crippen LogP contribution >= 0.6 is 12.2 Å². The maximum atomic E-state index is 13.1. The van der Waals surface area contributed by atoms with Crippen molar-refractivity contribution in [3.63, 3.8) is 0 Å². The van der Waals surface area contributed by atoms with E-state index in [0.29, 0.717) is 17.6 Å². The third-order valence-corrected chi connectivity index (χ3v) is 6.23. The molecule has 2 fully saturated rings. The van der Waals surface area contributed by atoms with E-state index in [1.807, 2.05) is 13.0 Å². The van der Waals surface area contributed by atoms with Crippen LogP contribution in [0.15, 0.2) is 18.3 Å². The zero-order valence-electron chi connectivity index (χ0n) is 16.1. The Bertz CT molecular complexity index is 786. The summed E-state index contributed by atoms with van der Waals surface area (Å²) in [5, 5.41) is 9.55. The largest absolute Gasteiger partial charge is 0.363 e. The Kier molecular flexibility index (Phi) is 5.48. The quantitative estimate of drug-likeness (QED) is 0.640. The number of piperidine rings is 1. The molecule has 0 bridgehead atoms. The standard InChI is InChI=1S/C20H27N5O2S/c1-2-21-20(28)23-11-17(26)25-15-9-13(15)10-16(25)19(27)24-14-7-3-5-12-6-4-8-22-18(12)14/h4,6,8,13-16H,2-3,5,7,9-11H2,1H3,(H,24,27)(H2,21,23,28)/t13-,14+,15-,16-/m1/s1. The fourth-order valence-electron chi connectivity index (χ4n) is 4.54. The number of carbonyl (C=O) groups excluding carboxylic acids is 2. The second-order valence-electron chi connectivity index (χ2n) is 7.83. The Hall–Kier alpha value is -2.22. The number of hydrogen-bond donors (Lipinski definition) is 3. The normalized spacial score (nSPS) is 27.4. The van der Waals surface area contributed by atoms with Gasteiger partial charge in [0.1, 0.15) is 6.04 Å². The molecule has 4 atom stereocenters. The molecule has 1 saturated carbocycles. The summed E-state index contributed by atoms with van der Waals surface area (Å²) < 4.78 is 0. The van der Waals surface area contributed by atoms with Crippen LogP contribution in [0.1, 0.15) is 49.9 Å². The number of likely N-dealkylation sites (tertiary alicyclic amines) is 1. The highest BCUT2D eigenvalue weighted by Gasteiger charge is 2.56. The van der Waals surface area contributed by atoms with Crippen molar-refractivity contribution in [3.05, 3.63) is 29.6 Å². The number of pyridine rings is 1. The van der Waals surface area contributed by atoms with Crippen molar-refractivity contribution < 1.29 is 9.59 Å². The number of aromatic nitrogens is 1. The van der Waals surface area contributed by atoms with Gasteiger partial charge in [0, 0.05) is 18.8 Å². The van der Waals surface area contributed by atoms with Gasteiger partial charge in [-0.1, -0.05) is 6.07 Å². The molecule has 150 valence electrons. The van der Waals surface area contributed by atoms with Gasteiger partial charge < -0.3 is 20.9 Å². The molecule has 0 spiro atoms. The highest BCUT2D eigenvalue weighted by Crippen LogP contribution is 2.48. The van der Waals surface area contributed by atoms with Crippen LogP contribution in [0.25, 0.3) is 0 Å². The number of nitrogens with one attached hydrogen (secondary N) is 3. The van der Waals surface area contributed by atoms with E-state index in [2.05, 4.69) is 27.0 Å². The molecule has 1 aromatic heterocycles. The minimum Gasteiger partial charge on any atom is -0.363 e. The number of carbonyl (C=O) groups is 2. The molecule has 28 heavy (non-hydrogen) atoms. The lowest BCUT2D eigenvalue weighted by Gasteiger charge is -2.30. The van der Waals surface area contributed by atoms with Gasteiger partial charge in [-0.05, 0) is 68.8 Å². The van der Waals surface area contributed by atoms with Gasteiger partial charge in [-0.3, -0.25) is 14.6 Å². The second-order valence-corrected chi connectivity index (χ2v) is 8.24. The van der Waals surface area contributed by atoms with E-state index in [1.54, 1.807) is 11.1 Å². The Balaban J connectivity index is 1.40. The molecule has 3 N–H and O–H groups in total. The van der Waals surface area contributed by atoms with E-state index in [0.717, 1.165) is 37.8 Å². The molecule has 4 rings (SSSR count). The fraction of sp³-hybridized carbons (Fsp3) is 0.600. The molecule has 8 heteroatoms. The van der Waals surface area contributed by atoms with Crippen LogP contribution in [0, 0.1) is 5.92 Å². The van der Waals surface area contributed by atoms with Crippen molar-refractivity contribution >= 4 is 29.1 Å². The van der Waals surface area contributed by atoms with Crippen LogP contribution in [0.2, 0.25) is 0 Å². The van der Waals surface area contributed by atoms with Gasteiger partial charge in [0.15, 0.2) is 5.11 Å². The summed E-state index contributed by atoms with van der Waals surface area (Å²) in [5.74, 6) is 0.336. The number of rotatable bonds is 5. The molecule has 2 heterocycles. The average molecular weight is 402 g/mol. The Morgan fingerprint density at radius 3 is 3.00 bits per heavy atom. The fourth-order valence-corrected chi connectivity index (χ4v) is 4.75. The molecular formula is C20H27N5O2S. The van der Waals surface area contributed by atoms with E-state index >= 15 is 0 Å². The number of hydrogen-bond acceptors (Lipinski definition) is 4. The van der Waals surface area contributed by atoms with Crippen LogP contribution in [-0.4, -0.2) is 52.0 Å². The zero-order chi connectivity index (χ0) is 19.7. The van der Waals surface area contributed by atoms with E-state index in [9.17, 15) is 9.59 Å². The monoisotopic (exact) mass is 401 g/mol. The third-order valence-electron chi connectivity index (χ3n) is 5.94. The molecule has 3 aliphatic rings. The predicted octanol–water partition coefficient (Wildman–Crippen LogP) is 1.05. The lowest BCUT2D eigenvalue weighted by atomic mass is 9.91. The van der Waals surface area contributed by atoms with Crippen LogP contribution < -0.4 is 16.0 Å². The van der Waals surface area contributed by atoms with E-state index in [-0.39, 0.29) is 36.5 Å². The first-order valence-electron chi connectivity index (χ1n) is 10.2. The summed E-state index contributed by atoms with van der Waals surface area (Å²) in [6.07, 6.45) is 6.46. The van der Waals surface area contributed by atoms with Crippen molar-refractivity contribution in [1.29, 1.82) is 0 Å². The van der Waals surface area contributed by atoms with Gasteiger partial charge in [0.2, 0.25) is 11.8 Å². The first-order valence-corrected chi connectivity index (χ1v) is 10.6. The molecule has 1 saturated heterocycles. The van der Waals surface area contributed by atoms with Gasteiger partial charge >= 0.3 is 0 Å². The first-order chi connectivity index (χ1) is 13.6. The Morgan fingerprint density at radius 1 is 1.32 bits per heavy atom. The Morgan fingerprint density at radius 2 is 2.18 bits per heavy atom. The van der Waals surface area contributed by atoms with Crippen LogP contribution in [-0.2, 0) is 16.0 Å². The SMILES string of the molecule is CCNC(=S)NCC(=O)N1[C@@H](C(=O)N[C@H]2CCCc3cccnc32)C[C@H]2C[C@H]21. The minimum atomic E-state index is -0.389. The van der Waals surface area contributed by atoms with Gasteiger partial charge in [-0.15, -0.1) is 0 Å². The lowest BCUT2D eigenvalue weighted by molar-refractivity contribution is -0.139. The van der Waals surface area contributed by atoms with Gasteiger partial charge in [0.25, 0.3) is 0 Å². The van der Waals surface area contributed by atoms with E-state index in [1.165, 1.54) is 5.56 Å². The summed E-state index contributed by atoms with van der Waals surface area (Å²) >= 11 is 5.13. The topological polar surface area (TPSA) is 86.4 Å². The summed E-state index contributed by atoms with van der Waals surface area (Å²) in [7, 11) is 0. The third kappa shape index (κ3) is 3.83. The van der Waals surface area contributed by atoms with Crippen LogP contribution in [0.4, 0.5) is 0 Å².